The summed E-state index contributed by atoms with van der Waals surface area (Å²) in [6.45, 7) is 1.84. The number of benzene rings is 1. The molecule has 19 heavy (non-hydrogen) atoms. The van der Waals surface area contributed by atoms with E-state index in [9.17, 15) is 10.1 Å². The summed E-state index contributed by atoms with van der Waals surface area (Å²) < 4.78 is 10.4. The lowest BCUT2D eigenvalue weighted by Gasteiger charge is -2.25. The maximum atomic E-state index is 11.0. The zero-order valence-electron chi connectivity index (χ0n) is 10.9. The highest BCUT2D eigenvalue weighted by Crippen LogP contribution is 2.34. The smallest absolute Gasteiger partial charge is 0.311 e. The van der Waals surface area contributed by atoms with E-state index in [2.05, 4.69) is 0 Å². The van der Waals surface area contributed by atoms with Crippen molar-refractivity contribution in [1.82, 2.24) is 0 Å². The molecule has 1 saturated heterocycles. The minimum atomic E-state index is -0.428. The molecule has 1 fully saturated rings. The van der Waals surface area contributed by atoms with E-state index in [4.69, 9.17) is 15.2 Å². The minimum Gasteiger partial charge on any atom is -0.490 e. The highest BCUT2D eigenvalue weighted by molar-refractivity contribution is 5.48. The summed E-state index contributed by atoms with van der Waals surface area (Å²) in [5, 5.41) is 11.0. The lowest BCUT2D eigenvalue weighted by molar-refractivity contribution is -0.385. The fourth-order valence-electron chi connectivity index (χ4n) is 2.44. The molecule has 0 aromatic heterocycles. The van der Waals surface area contributed by atoms with Crippen LogP contribution in [0.3, 0.4) is 0 Å². The zero-order valence-corrected chi connectivity index (χ0v) is 10.9. The second-order valence-corrected chi connectivity index (χ2v) is 4.95. The van der Waals surface area contributed by atoms with Crippen molar-refractivity contribution < 1.29 is 14.4 Å². The number of nitro groups is 1. The van der Waals surface area contributed by atoms with E-state index < -0.39 is 4.92 Å². The number of ether oxygens (including phenoxy) is 2. The molecule has 0 spiro atoms. The summed E-state index contributed by atoms with van der Waals surface area (Å²) in [6, 6.07) is 5.05. The van der Waals surface area contributed by atoms with Crippen molar-refractivity contribution in [3.8, 4) is 5.75 Å². The molecule has 0 radical (unpaired) electrons. The van der Waals surface area contributed by atoms with Gasteiger partial charge in [0.2, 0.25) is 0 Å². The summed E-state index contributed by atoms with van der Waals surface area (Å²) >= 11 is 0. The summed E-state index contributed by atoms with van der Waals surface area (Å²) in [4.78, 5) is 10.6. The Balaban J connectivity index is 2.25. The molecule has 1 aliphatic rings. The summed E-state index contributed by atoms with van der Waals surface area (Å²) in [7, 11) is 1.42. The van der Waals surface area contributed by atoms with E-state index in [1.807, 2.05) is 6.07 Å². The maximum absolute atomic E-state index is 11.0. The number of nitrogens with two attached hydrogens (primary N) is 1. The first kappa shape index (κ1) is 13.8. The Labute approximate surface area is 111 Å². The van der Waals surface area contributed by atoms with Gasteiger partial charge in [-0.25, -0.2) is 0 Å². The molecule has 1 unspecified atom stereocenters. The number of methoxy groups -OCH3 is 1. The Kier molecular flexibility index (Phi) is 4.01. The Bertz CT molecular complexity index is 470. The minimum absolute atomic E-state index is 0.00825. The number of rotatable bonds is 5. The zero-order chi connectivity index (χ0) is 13.9. The Morgan fingerprint density at radius 3 is 2.89 bits per heavy atom. The van der Waals surface area contributed by atoms with Crippen molar-refractivity contribution >= 4 is 5.69 Å². The average molecular weight is 266 g/mol. The van der Waals surface area contributed by atoms with Gasteiger partial charge in [-0.2, -0.15) is 0 Å². The van der Waals surface area contributed by atoms with Crippen LogP contribution in [0.5, 0.6) is 5.75 Å². The molecule has 0 bridgehead atoms. The molecule has 0 aliphatic carbocycles. The molecular formula is C13H18N2O4. The molecule has 6 nitrogen and oxygen atoms in total. The average Bonchev–Trinajstić information content (AvgIpc) is 2.87. The Morgan fingerprint density at radius 1 is 1.58 bits per heavy atom. The van der Waals surface area contributed by atoms with Gasteiger partial charge < -0.3 is 15.2 Å². The normalized spacial score (nSPS) is 22.4. The van der Waals surface area contributed by atoms with E-state index >= 15 is 0 Å². The van der Waals surface area contributed by atoms with E-state index in [1.165, 1.54) is 7.11 Å². The first-order valence-electron chi connectivity index (χ1n) is 6.19. The summed E-state index contributed by atoms with van der Waals surface area (Å²) in [5.41, 5.74) is 6.62. The van der Waals surface area contributed by atoms with Crippen molar-refractivity contribution in [3.05, 3.63) is 33.9 Å². The molecular weight excluding hydrogens is 248 g/mol. The molecule has 0 amide bonds. The van der Waals surface area contributed by atoms with Gasteiger partial charge in [0.15, 0.2) is 5.75 Å². The van der Waals surface area contributed by atoms with Crippen LogP contribution in [0.15, 0.2) is 18.2 Å². The molecule has 1 aromatic carbocycles. The molecule has 6 heteroatoms. The van der Waals surface area contributed by atoms with E-state index in [1.54, 1.807) is 12.1 Å². The molecule has 0 saturated carbocycles. The van der Waals surface area contributed by atoms with Crippen LogP contribution in [-0.2, 0) is 11.2 Å². The molecule has 2 rings (SSSR count). The second-order valence-electron chi connectivity index (χ2n) is 4.95. The molecule has 1 heterocycles. The third kappa shape index (κ3) is 2.85. The molecule has 1 aromatic rings. The van der Waals surface area contributed by atoms with Gasteiger partial charge in [-0.1, -0.05) is 6.07 Å². The lowest BCUT2D eigenvalue weighted by Crippen LogP contribution is -2.33. The van der Waals surface area contributed by atoms with Crippen LogP contribution in [0.1, 0.15) is 12.0 Å². The van der Waals surface area contributed by atoms with Gasteiger partial charge >= 0.3 is 5.69 Å². The third-order valence-corrected chi connectivity index (χ3v) is 3.64. The van der Waals surface area contributed by atoms with Crippen LogP contribution in [-0.4, -0.2) is 31.8 Å². The second kappa shape index (κ2) is 5.54. The van der Waals surface area contributed by atoms with Crippen molar-refractivity contribution in [3.63, 3.8) is 0 Å². The number of nitrogens with zero attached hydrogens (tertiary/aromatic N) is 1. The van der Waals surface area contributed by atoms with Crippen molar-refractivity contribution in [1.29, 1.82) is 0 Å². The highest BCUT2D eigenvalue weighted by atomic mass is 16.6. The van der Waals surface area contributed by atoms with Crippen molar-refractivity contribution in [2.24, 2.45) is 11.1 Å². The number of hydrogen-bond acceptors (Lipinski definition) is 5. The highest BCUT2D eigenvalue weighted by Gasteiger charge is 2.34. The molecule has 104 valence electrons. The van der Waals surface area contributed by atoms with Crippen LogP contribution < -0.4 is 10.5 Å². The molecule has 2 N–H and O–H groups in total. The summed E-state index contributed by atoms with van der Waals surface area (Å²) in [6.07, 6.45) is 1.58. The van der Waals surface area contributed by atoms with Gasteiger partial charge in [-0.3, -0.25) is 10.1 Å². The Morgan fingerprint density at radius 2 is 2.37 bits per heavy atom. The van der Waals surface area contributed by atoms with E-state index in [-0.39, 0.29) is 16.9 Å². The van der Waals surface area contributed by atoms with Crippen molar-refractivity contribution in [2.45, 2.75) is 12.8 Å². The van der Waals surface area contributed by atoms with Crippen molar-refractivity contribution in [2.75, 3.05) is 26.9 Å². The first-order chi connectivity index (χ1) is 9.10. The van der Waals surface area contributed by atoms with Gasteiger partial charge in [-0.15, -0.1) is 0 Å². The number of nitro benzene ring substituents is 1. The maximum Gasteiger partial charge on any atom is 0.311 e. The third-order valence-electron chi connectivity index (χ3n) is 3.64. The van der Waals surface area contributed by atoms with Gasteiger partial charge in [0, 0.05) is 24.6 Å². The SMILES string of the molecule is COc1ccc(CC2(CN)CCOC2)cc1[N+](=O)[O-]. The van der Waals surface area contributed by atoms with Crippen LogP contribution in [0.2, 0.25) is 0 Å². The predicted molar refractivity (Wildman–Crippen MR) is 70.3 cm³/mol. The predicted octanol–water partition coefficient (Wildman–Crippen LogP) is 1.51. The van der Waals surface area contributed by atoms with Crippen LogP contribution in [0.4, 0.5) is 5.69 Å². The first-order valence-corrected chi connectivity index (χ1v) is 6.19. The van der Waals surface area contributed by atoms with Gasteiger partial charge in [0.25, 0.3) is 0 Å². The molecule has 1 aliphatic heterocycles. The monoisotopic (exact) mass is 266 g/mol. The Hall–Kier alpha value is -1.66. The van der Waals surface area contributed by atoms with E-state index in [0.717, 1.165) is 12.0 Å². The molecule has 1 atom stereocenters. The largest absolute Gasteiger partial charge is 0.490 e. The van der Waals surface area contributed by atoms with Crippen LogP contribution in [0.25, 0.3) is 0 Å². The topological polar surface area (TPSA) is 87.6 Å². The number of hydrogen-bond donors (Lipinski definition) is 1. The standard InChI is InChI=1S/C13H18N2O4/c1-18-12-3-2-10(6-11(12)15(16)17)7-13(8-14)4-5-19-9-13/h2-3,6H,4-5,7-9,14H2,1H3. The lowest BCUT2D eigenvalue weighted by atomic mass is 9.81. The van der Waals surface area contributed by atoms with Crippen LogP contribution >= 0.6 is 0 Å². The van der Waals surface area contributed by atoms with Gasteiger partial charge in [0.05, 0.1) is 18.6 Å². The van der Waals surface area contributed by atoms with Crippen LogP contribution in [0, 0.1) is 15.5 Å². The quantitative estimate of drug-likeness (QED) is 0.644. The fourth-order valence-corrected chi connectivity index (χ4v) is 2.44. The van der Waals surface area contributed by atoms with Gasteiger partial charge in [0.1, 0.15) is 0 Å². The van der Waals surface area contributed by atoms with Gasteiger partial charge in [-0.05, 0) is 24.5 Å². The fraction of sp³-hybridized carbons (Fsp3) is 0.538. The van der Waals surface area contributed by atoms with E-state index in [0.29, 0.717) is 26.2 Å². The summed E-state index contributed by atoms with van der Waals surface area (Å²) in [5.74, 6) is 0.276.